The molecular weight excluding hydrogens is 308 g/mol. The summed E-state index contributed by atoms with van der Waals surface area (Å²) in [5.41, 5.74) is 3.38. The zero-order valence-electron chi connectivity index (χ0n) is 15.9. The monoisotopic (exact) mass is 338 g/mol. The minimum Gasteiger partial charge on any atom is -0.367 e. The molecular formula is C21H30N4. The van der Waals surface area contributed by atoms with E-state index in [0.717, 1.165) is 17.2 Å². The fourth-order valence-corrected chi connectivity index (χ4v) is 3.52. The summed E-state index contributed by atoms with van der Waals surface area (Å²) in [6, 6.07) is 11.0. The van der Waals surface area contributed by atoms with Crippen LogP contribution in [0.1, 0.15) is 64.1 Å². The molecule has 4 nitrogen and oxygen atoms in total. The predicted molar refractivity (Wildman–Crippen MR) is 106 cm³/mol. The molecule has 0 aliphatic heterocycles. The van der Waals surface area contributed by atoms with Crippen LogP contribution >= 0.6 is 0 Å². The number of hydrogen-bond donors (Lipinski definition) is 2. The zero-order valence-corrected chi connectivity index (χ0v) is 15.9. The molecule has 0 radical (unpaired) electrons. The van der Waals surface area contributed by atoms with Crippen LogP contribution in [0.5, 0.6) is 0 Å². The highest BCUT2D eigenvalue weighted by molar-refractivity contribution is 5.61. The third kappa shape index (κ3) is 4.71. The van der Waals surface area contributed by atoms with Crippen LogP contribution in [0.25, 0.3) is 0 Å². The van der Waals surface area contributed by atoms with Crippen molar-refractivity contribution in [1.82, 2.24) is 9.97 Å². The van der Waals surface area contributed by atoms with E-state index in [-0.39, 0.29) is 5.41 Å². The van der Waals surface area contributed by atoms with Crippen molar-refractivity contribution in [1.29, 1.82) is 0 Å². The highest BCUT2D eigenvalue weighted by Gasteiger charge is 2.18. The highest BCUT2D eigenvalue weighted by Crippen LogP contribution is 2.31. The van der Waals surface area contributed by atoms with Crippen LogP contribution < -0.4 is 10.6 Å². The third-order valence-electron chi connectivity index (χ3n) is 4.79. The average Bonchev–Trinajstić information content (AvgIpc) is 2.55. The van der Waals surface area contributed by atoms with Gasteiger partial charge in [-0.2, -0.15) is 4.98 Å². The number of aryl methyl sites for hydroxylation is 1. The Hall–Kier alpha value is -2.10. The first-order chi connectivity index (χ1) is 11.9. The van der Waals surface area contributed by atoms with E-state index in [1.54, 1.807) is 0 Å². The number of anilines is 3. The first-order valence-corrected chi connectivity index (χ1v) is 9.40. The Morgan fingerprint density at radius 1 is 1.00 bits per heavy atom. The van der Waals surface area contributed by atoms with Gasteiger partial charge in [0, 0.05) is 23.5 Å². The van der Waals surface area contributed by atoms with Crippen LogP contribution in [-0.4, -0.2) is 16.0 Å². The number of aromatic nitrogens is 2. The van der Waals surface area contributed by atoms with Crippen molar-refractivity contribution in [2.45, 2.75) is 71.3 Å². The molecule has 1 aliphatic carbocycles. The molecule has 0 saturated heterocycles. The summed E-state index contributed by atoms with van der Waals surface area (Å²) in [6.07, 6.45) is 6.45. The summed E-state index contributed by atoms with van der Waals surface area (Å²) < 4.78 is 0. The Bertz CT molecular complexity index is 712. The molecule has 2 aromatic rings. The lowest BCUT2D eigenvalue weighted by Gasteiger charge is -2.24. The number of nitrogens with one attached hydrogen (secondary N) is 2. The Balaban J connectivity index is 1.81. The second-order valence-electron chi connectivity index (χ2n) is 8.12. The zero-order chi connectivity index (χ0) is 17.9. The van der Waals surface area contributed by atoms with E-state index in [1.165, 1.54) is 37.7 Å². The summed E-state index contributed by atoms with van der Waals surface area (Å²) in [5.74, 6) is 1.59. The summed E-state index contributed by atoms with van der Waals surface area (Å²) >= 11 is 0. The lowest BCUT2D eigenvalue weighted by molar-refractivity contribution is 0.462. The van der Waals surface area contributed by atoms with Gasteiger partial charge in [0.25, 0.3) is 0 Å². The van der Waals surface area contributed by atoms with E-state index >= 15 is 0 Å². The maximum Gasteiger partial charge on any atom is 0.229 e. The number of nitrogens with zero attached hydrogens (tertiary/aromatic N) is 2. The van der Waals surface area contributed by atoms with Crippen molar-refractivity contribution in [2.75, 3.05) is 10.6 Å². The quantitative estimate of drug-likeness (QED) is 0.765. The minimum absolute atomic E-state index is 0.0661. The van der Waals surface area contributed by atoms with Crippen molar-refractivity contribution in [3.63, 3.8) is 0 Å². The molecule has 0 amide bonds. The molecule has 4 heteroatoms. The first-order valence-electron chi connectivity index (χ1n) is 9.40. The van der Waals surface area contributed by atoms with Gasteiger partial charge in [-0.25, -0.2) is 4.98 Å². The molecule has 2 N–H and O–H groups in total. The van der Waals surface area contributed by atoms with E-state index in [1.807, 2.05) is 13.0 Å². The maximum atomic E-state index is 4.71. The Labute approximate surface area is 151 Å². The van der Waals surface area contributed by atoms with Gasteiger partial charge in [0.15, 0.2) is 0 Å². The fraction of sp³-hybridized carbons (Fsp3) is 0.524. The van der Waals surface area contributed by atoms with Gasteiger partial charge >= 0.3 is 0 Å². The van der Waals surface area contributed by atoms with Crippen molar-refractivity contribution >= 4 is 17.5 Å². The summed E-state index contributed by atoms with van der Waals surface area (Å²) in [6.45, 7) is 8.69. The molecule has 25 heavy (non-hydrogen) atoms. The number of rotatable bonds is 4. The molecule has 1 aliphatic rings. The molecule has 134 valence electrons. The van der Waals surface area contributed by atoms with Crippen molar-refractivity contribution in [2.24, 2.45) is 0 Å². The molecule has 1 aromatic heterocycles. The summed E-state index contributed by atoms with van der Waals surface area (Å²) in [5, 5.41) is 7.04. The Morgan fingerprint density at radius 2 is 1.72 bits per heavy atom. The molecule has 3 rings (SSSR count). The van der Waals surface area contributed by atoms with Crippen LogP contribution in [0, 0.1) is 6.92 Å². The van der Waals surface area contributed by atoms with Crippen LogP contribution in [0.2, 0.25) is 0 Å². The van der Waals surface area contributed by atoms with Crippen LogP contribution in [0.15, 0.2) is 30.3 Å². The molecule has 0 atom stereocenters. The fourth-order valence-electron chi connectivity index (χ4n) is 3.52. The largest absolute Gasteiger partial charge is 0.367 e. The van der Waals surface area contributed by atoms with Crippen molar-refractivity contribution in [3.8, 4) is 0 Å². The molecule has 1 fully saturated rings. The van der Waals surface area contributed by atoms with Gasteiger partial charge in [-0.1, -0.05) is 58.2 Å². The van der Waals surface area contributed by atoms with Crippen molar-refractivity contribution in [3.05, 3.63) is 41.6 Å². The summed E-state index contributed by atoms with van der Waals surface area (Å²) in [4.78, 5) is 9.30. The van der Waals surface area contributed by atoms with E-state index in [9.17, 15) is 0 Å². The lowest BCUT2D eigenvalue weighted by Crippen LogP contribution is -2.23. The van der Waals surface area contributed by atoms with E-state index in [2.05, 4.69) is 60.7 Å². The topological polar surface area (TPSA) is 49.8 Å². The average molecular weight is 338 g/mol. The normalized spacial score (nSPS) is 15.8. The second kappa shape index (κ2) is 7.42. The highest BCUT2D eigenvalue weighted by atomic mass is 15.2. The smallest absolute Gasteiger partial charge is 0.229 e. The van der Waals surface area contributed by atoms with Crippen LogP contribution in [-0.2, 0) is 5.41 Å². The first kappa shape index (κ1) is 17.7. The number of benzene rings is 1. The molecule has 0 bridgehead atoms. The Kier molecular flexibility index (Phi) is 5.26. The molecule has 0 spiro atoms. The van der Waals surface area contributed by atoms with E-state index in [0.29, 0.717) is 12.0 Å². The predicted octanol–water partition coefficient (Wildman–Crippen LogP) is 5.57. The Morgan fingerprint density at radius 3 is 2.44 bits per heavy atom. The van der Waals surface area contributed by atoms with Crippen LogP contribution in [0.4, 0.5) is 17.5 Å². The van der Waals surface area contributed by atoms with Gasteiger partial charge < -0.3 is 10.6 Å². The van der Waals surface area contributed by atoms with Gasteiger partial charge in [-0.15, -0.1) is 0 Å². The SMILES string of the molecule is Cc1cc(NC2CCCCC2)nc(Nc2ccccc2C(C)(C)C)n1. The van der Waals surface area contributed by atoms with Crippen molar-refractivity contribution < 1.29 is 0 Å². The minimum atomic E-state index is 0.0661. The van der Waals surface area contributed by atoms with Crippen LogP contribution in [0.3, 0.4) is 0 Å². The molecule has 1 heterocycles. The van der Waals surface area contributed by atoms with Gasteiger partial charge in [0.2, 0.25) is 5.95 Å². The molecule has 0 unspecified atom stereocenters. The standard InChI is InChI=1S/C21H30N4/c1-15-14-19(23-16-10-6-5-7-11-16)25-20(22-15)24-18-13-9-8-12-17(18)21(2,3)4/h8-9,12-14,16H,5-7,10-11H2,1-4H3,(H2,22,23,24,25). The van der Waals surface area contributed by atoms with Gasteiger partial charge in [-0.3, -0.25) is 0 Å². The number of hydrogen-bond acceptors (Lipinski definition) is 4. The summed E-state index contributed by atoms with van der Waals surface area (Å²) in [7, 11) is 0. The number of para-hydroxylation sites is 1. The molecule has 1 saturated carbocycles. The third-order valence-corrected chi connectivity index (χ3v) is 4.79. The van der Waals surface area contributed by atoms with Gasteiger partial charge in [-0.05, 0) is 36.8 Å². The van der Waals surface area contributed by atoms with E-state index < -0.39 is 0 Å². The lowest BCUT2D eigenvalue weighted by atomic mass is 9.86. The van der Waals surface area contributed by atoms with Gasteiger partial charge in [0.05, 0.1) is 0 Å². The molecule has 1 aromatic carbocycles. The second-order valence-corrected chi connectivity index (χ2v) is 8.12. The van der Waals surface area contributed by atoms with E-state index in [4.69, 9.17) is 4.98 Å². The maximum absolute atomic E-state index is 4.71. The van der Waals surface area contributed by atoms with Gasteiger partial charge in [0.1, 0.15) is 5.82 Å².